The largest absolute Gasteiger partial charge is 0.298 e. The number of hydrogen-bond acceptors (Lipinski definition) is 1. The van der Waals surface area contributed by atoms with Gasteiger partial charge in [0.25, 0.3) is 0 Å². The Bertz CT molecular complexity index is 166. The second-order valence-electron chi connectivity index (χ2n) is 4.62. The molecule has 2 rings (SSSR count). The van der Waals surface area contributed by atoms with E-state index < -0.39 is 0 Å². The van der Waals surface area contributed by atoms with Crippen LogP contribution in [0.25, 0.3) is 0 Å². The summed E-state index contributed by atoms with van der Waals surface area (Å²) in [6, 6.07) is 0. The van der Waals surface area contributed by atoms with Crippen LogP contribution in [-0.4, -0.2) is 23.5 Å². The molecule has 2 atom stereocenters. The lowest BCUT2D eigenvalue weighted by atomic mass is 9.91. The summed E-state index contributed by atoms with van der Waals surface area (Å²) >= 11 is 0. The molecule has 1 nitrogen and oxygen atoms in total. The molecule has 2 aliphatic rings. The smallest absolute Gasteiger partial charge is 0.0212 e. The molecular formula is C11H21N. The normalized spacial score (nSPS) is 41.0. The van der Waals surface area contributed by atoms with Crippen LogP contribution < -0.4 is 0 Å². The van der Waals surface area contributed by atoms with Gasteiger partial charge in [0.2, 0.25) is 0 Å². The van der Waals surface area contributed by atoms with Crippen molar-refractivity contribution in [3.05, 3.63) is 0 Å². The van der Waals surface area contributed by atoms with Gasteiger partial charge in [0.1, 0.15) is 0 Å². The number of likely N-dealkylation sites (tertiary alicyclic amines) is 1. The first-order valence-electron chi connectivity index (χ1n) is 5.56. The minimum atomic E-state index is 0.661. The highest BCUT2D eigenvalue weighted by molar-refractivity contribution is 5.04. The van der Waals surface area contributed by atoms with Gasteiger partial charge in [-0.25, -0.2) is 0 Å². The summed E-state index contributed by atoms with van der Waals surface area (Å²) in [4.78, 5) is 2.74. The third-order valence-electron chi connectivity index (χ3n) is 3.93. The van der Waals surface area contributed by atoms with Gasteiger partial charge < -0.3 is 0 Å². The van der Waals surface area contributed by atoms with E-state index in [4.69, 9.17) is 0 Å². The van der Waals surface area contributed by atoms with E-state index in [1.807, 2.05) is 0 Å². The summed E-state index contributed by atoms with van der Waals surface area (Å²) in [6.07, 6.45) is 7.31. The van der Waals surface area contributed by atoms with Crippen LogP contribution >= 0.6 is 0 Å². The maximum atomic E-state index is 2.74. The molecule has 70 valence electrons. The number of piperidine rings is 1. The molecule has 1 aliphatic carbocycles. The van der Waals surface area contributed by atoms with Crippen LogP contribution in [0, 0.1) is 5.92 Å². The first-order chi connectivity index (χ1) is 5.80. The van der Waals surface area contributed by atoms with Gasteiger partial charge in [0.05, 0.1) is 0 Å². The Morgan fingerprint density at radius 3 is 2.83 bits per heavy atom. The fraction of sp³-hybridized carbons (Fsp3) is 1.00. The Morgan fingerprint density at radius 2 is 2.25 bits per heavy atom. The SMILES string of the molecule is CCCC12CCC(CN1CC)C2. The van der Waals surface area contributed by atoms with Crippen LogP contribution in [-0.2, 0) is 0 Å². The van der Waals surface area contributed by atoms with E-state index in [0.717, 1.165) is 5.92 Å². The van der Waals surface area contributed by atoms with Crippen molar-refractivity contribution in [3.8, 4) is 0 Å². The highest BCUT2D eigenvalue weighted by Gasteiger charge is 2.48. The van der Waals surface area contributed by atoms with Crippen molar-refractivity contribution in [1.29, 1.82) is 0 Å². The molecule has 2 unspecified atom stereocenters. The molecule has 12 heavy (non-hydrogen) atoms. The van der Waals surface area contributed by atoms with Crippen molar-refractivity contribution < 1.29 is 0 Å². The number of fused-ring (bicyclic) bond motifs is 2. The highest BCUT2D eigenvalue weighted by Crippen LogP contribution is 2.48. The van der Waals surface area contributed by atoms with Crippen LogP contribution in [0.3, 0.4) is 0 Å². The summed E-state index contributed by atoms with van der Waals surface area (Å²) < 4.78 is 0. The molecule has 1 heteroatoms. The molecule has 0 aromatic heterocycles. The fourth-order valence-corrected chi connectivity index (χ4v) is 3.48. The predicted octanol–water partition coefficient (Wildman–Crippen LogP) is 2.66. The molecule has 1 saturated carbocycles. The average molecular weight is 167 g/mol. The van der Waals surface area contributed by atoms with E-state index in [1.165, 1.54) is 45.2 Å². The molecule has 0 N–H and O–H groups in total. The Kier molecular flexibility index (Phi) is 2.16. The van der Waals surface area contributed by atoms with Crippen molar-refractivity contribution in [2.75, 3.05) is 13.1 Å². The van der Waals surface area contributed by atoms with Gasteiger partial charge in [-0.3, -0.25) is 4.90 Å². The Hall–Kier alpha value is -0.0400. The predicted molar refractivity (Wildman–Crippen MR) is 52.2 cm³/mol. The topological polar surface area (TPSA) is 3.24 Å². The first kappa shape index (κ1) is 8.55. The zero-order valence-electron chi connectivity index (χ0n) is 8.47. The monoisotopic (exact) mass is 167 g/mol. The molecule has 0 aromatic carbocycles. The van der Waals surface area contributed by atoms with Gasteiger partial charge >= 0.3 is 0 Å². The molecule has 0 radical (unpaired) electrons. The standard InChI is InChI=1S/C11H21N/c1-3-6-11-7-5-10(8-11)9-12(11)4-2/h10H,3-9H2,1-2H3. The third kappa shape index (κ3) is 1.10. The molecular weight excluding hydrogens is 146 g/mol. The Balaban J connectivity index is 2.09. The van der Waals surface area contributed by atoms with Crippen molar-refractivity contribution >= 4 is 0 Å². The minimum absolute atomic E-state index is 0.661. The van der Waals surface area contributed by atoms with Crippen molar-refractivity contribution in [1.82, 2.24) is 4.90 Å². The number of hydrogen-bond donors (Lipinski definition) is 0. The molecule has 1 heterocycles. The summed E-state index contributed by atoms with van der Waals surface area (Å²) in [5.41, 5.74) is 0.661. The van der Waals surface area contributed by atoms with Gasteiger partial charge in [-0.1, -0.05) is 20.3 Å². The van der Waals surface area contributed by atoms with Gasteiger partial charge in [-0.15, -0.1) is 0 Å². The van der Waals surface area contributed by atoms with E-state index in [9.17, 15) is 0 Å². The van der Waals surface area contributed by atoms with Crippen LogP contribution in [0.1, 0.15) is 46.0 Å². The second-order valence-corrected chi connectivity index (χ2v) is 4.62. The lowest BCUT2D eigenvalue weighted by molar-refractivity contribution is 0.112. The second kappa shape index (κ2) is 3.02. The summed E-state index contributed by atoms with van der Waals surface area (Å²) in [6.45, 7) is 7.32. The van der Waals surface area contributed by atoms with Crippen LogP contribution in [0.15, 0.2) is 0 Å². The Labute approximate surface area is 76.1 Å². The summed E-state index contributed by atoms with van der Waals surface area (Å²) in [5.74, 6) is 1.05. The zero-order valence-corrected chi connectivity index (χ0v) is 8.47. The zero-order chi connectivity index (χ0) is 8.60. The maximum Gasteiger partial charge on any atom is 0.0212 e. The lowest BCUT2D eigenvalue weighted by Gasteiger charge is -2.38. The van der Waals surface area contributed by atoms with Crippen molar-refractivity contribution in [2.45, 2.75) is 51.5 Å². The van der Waals surface area contributed by atoms with Crippen LogP contribution in [0.5, 0.6) is 0 Å². The van der Waals surface area contributed by atoms with Crippen LogP contribution in [0.2, 0.25) is 0 Å². The van der Waals surface area contributed by atoms with Gasteiger partial charge in [0, 0.05) is 12.1 Å². The summed E-state index contributed by atoms with van der Waals surface area (Å²) in [7, 11) is 0. The summed E-state index contributed by atoms with van der Waals surface area (Å²) in [5, 5.41) is 0. The molecule has 0 aromatic rings. The van der Waals surface area contributed by atoms with E-state index in [2.05, 4.69) is 18.7 Å². The first-order valence-corrected chi connectivity index (χ1v) is 5.56. The molecule has 1 saturated heterocycles. The quantitative estimate of drug-likeness (QED) is 0.624. The molecule has 0 amide bonds. The third-order valence-corrected chi connectivity index (χ3v) is 3.93. The fourth-order valence-electron chi connectivity index (χ4n) is 3.48. The van der Waals surface area contributed by atoms with E-state index in [-0.39, 0.29) is 0 Å². The van der Waals surface area contributed by atoms with E-state index in [1.54, 1.807) is 0 Å². The van der Waals surface area contributed by atoms with E-state index >= 15 is 0 Å². The van der Waals surface area contributed by atoms with Crippen molar-refractivity contribution in [3.63, 3.8) is 0 Å². The lowest BCUT2D eigenvalue weighted by Crippen LogP contribution is -2.44. The molecule has 2 bridgehead atoms. The van der Waals surface area contributed by atoms with Gasteiger partial charge in [0.15, 0.2) is 0 Å². The van der Waals surface area contributed by atoms with Gasteiger partial charge in [-0.2, -0.15) is 0 Å². The average Bonchev–Trinajstić information content (AvgIpc) is 2.60. The van der Waals surface area contributed by atoms with E-state index in [0.29, 0.717) is 5.54 Å². The Morgan fingerprint density at radius 1 is 1.42 bits per heavy atom. The number of nitrogens with zero attached hydrogens (tertiary/aromatic N) is 1. The van der Waals surface area contributed by atoms with Crippen molar-refractivity contribution in [2.24, 2.45) is 5.92 Å². The highest BCUT2D eigenvalue weighted by atomic mass is 15.2. The molecule has 0 spiro atoms. The van der Waals surface area contributed by atoms with Crippen LogP contribution in [0.4, 0.5) is 0 Å². The number of rotatable bonds is 3. The maximum absolute atomic E-state index is 2.74. The minimum Gasteiger partial charge on any atom is -0.298 e. The molecule has 1 aliphatic heterocycles. The molecule has 2 fully saturated rings. The van der Waals surface area contributed by atoms with Gasteiger partial charge in [-0.05, 0) is 38.1 Å².